The predicted octanol–water partition coefficient (Wildman–Crippen LogP) is 5.06. The quantitative estimate of drug-likeness (QED) is 0.454. The number of carbonyl (C=O) groups is 1. The molecule has 1 amide bonds. The van der Waals surface area contributed by atoms with E-state index in [1.165, 1.54) is 0 Å². The zero-order valence-corrected chi connectivity index (χ0v) is 18.4. The molecular weight excluding hydrogens is 420 g/mol. The molecule has 1 N–H and O–H groups in total. The lowest BCUT2D eigenvalue weighted by atomic mass is 9.86. The van der Waals surface area contributed by atoms with Crippen LogP contribution in [0.3, 0.4) is 0 Å². The minimum absolute atomic E-state index is 0.0965. The molecule has 0 aromatic heterocycles. The van der Waals surface area contributed by atoms with Crippen molar-refractivity contribution < 1.29 is 14.3 Å². The van der Waals surface area contributed by atoms with Crippen LogP contribution in [0.15, 0.2) is 52.0 Å². The Morgan fingerprint density at radius 3 is 2.50 bits per heavy atom. The highest BCUT2D eigenvalue weighted by atomic mass is 79.9. The first-order chi connectivity index (χ1) is 13.3. The number of hydrogen-bond acceptors (Lipinski definition) is 4. The van der Waals surface area contributed by atoms with Gasteiger partial charge in [0.2, 0.25) is 0 Å². The lowest BCUT2D eigenvalue weighted by molar-refractivity contribution is -0.123. The van der Waals surface area contributed by atoms with E-state index in [0.29, 0.717) is 12.4 Å². The number of benzene rings is 2. The second-order valence-electron chi connectivity index (χ2n) is 7.39. The average Bonchev–Trinajstić information content (AvgIpc) is 2.65. The Hall–Kier alpha value is -2.34. The topological polar surface area (TPSA) is 59.9 Å². The molecule has 0 radical (unpaired) electrons. The maximum absolute atomic E-state index is 12.0. The minimum atomic E-state index is -0.318. The van der Waals surface area contributed by atoms with Crippen molar-refractivity contribution in [2.24, 2.45) is 5.10 Å². The van der Waals surface area contributed by atoms with E-state index in [4.69, 9.17) is 9.47 Å². The largest absolute Gasteiger partial charge is 0.494 e. The first kappa shape index (κ1) is 22.0. The fraction of sp³-hybridized carbons (Fsp3) is 0.364. The van der Waals surface area contributed by atoms with Gasteiger partial charge in [0.25, 0.3) is 5.91 Å². The van der Waals surface area contributed by atoms with Gasteiger partial charge in [-0.3, -0.25) is 4.79 Å². The molecule has 0 bridgehead atoms. The molecule has 0 spiro atoms. The zero-order chi connectivity index (χ0) is 20.6. The summed E-state index contributed by atoms with van der Waals surface area (Å²) in [5.74, 6) is 1.19. The Balaban J connectivity index is 1.87. The third kappa shape index (κ3) is 7.00. The Bertz CT molecular complexity index is 812. The fourth-order valence-electron chi connectivity index (χ4n) is 2.44. The average molecular weight is 447 g/mol. The van der Waals surface area contributed by atoms with Crippen molar-refractivity contribution in [2.45, 2.75) is 39.5 Å². The maximum Gasteiger partial charge on any atom is 0.277 e. The SMILES string of the molecule is CCCOc1ccc(/C=N/NC(=O)COc2ccc(Br)cc2C(C)(C)C)cc1. The van der Waals surface area contributed by atoms with Gasteiger partial charge in [0.1, 0.15) is 11.5 Å². The van der Waals surface area contributed by atoms with Crippen molar-refractivity contribution in [3.05, 3.63) is 58.1 Å². The third-order valence-electron chi connectivity index (χ3n) is 3.86. The third-order valence-corrected chi connectivity index (χ3v) is 4.36. The second kappa shape index (κ2) is 10.3. The van der Waals surface area contributed by atoms with Crippen LogP contribution in [0, 0.1) is 0 Å². The number of nitrogens with one attached hydrogen (secondary N) is 1. The molecule has 28 heavy (non-hydrogen) atoms. The van der Waals surface area contributed by atoms with Crippen LogP contribution in [-0.4, -0.2) is 25.3 Å². The van der Waals surface area contributed by atoms with Gasteiger partial charge in [-0.05, 0) is 59.9 Å². The van der Waals surface area contributed by atoms with Crippen molar-refractivity contribution in [1.82, 2.24) is 5.43 Å². The number of hydrazone groups is 1. The molecule has 0 aliphatic carbocycles. The number of rotatable bonds is 8. The van der Waals surface area contributed by atoms with Crippen LogP contribution < -0.4 is 14.9 Å². The second-order valence-corrected chi connectivity index (χ2v) is 8.31. The van der Waals surface area contributed by atoms with E-state index in [2.05, 4.69) is 54.2 Å². The van der Waals surface area contributed by atoms with Crippen LogP contribution in [0.2, 0.25) is 0 Å². The van der Waals surface area contributed by atoms with Crippen LogP contribution in [0.4, 0.5) is 0 Å². The van der Waals surface area contributed by atoms with Crippen molar-refractivity contribution in [2.75, 3.05) is 13.2 Å². The van der Waals surface area contributed by atoms with Gasteiger partial charge >= 0.3 is 0 Å². The smallest absolute Gasteiger partial charge is 0.277 e. The van der Waals surface area contributed by atoms with E-state index in [0.717, 1.165) is 27.8 Å². The Morgan fingerprint density at radius 2 is 1.86 bits per heavy atom. The van der Waals surface area contributed by atoms with Crippen LogP contribution >= 0.6 is 15.9 Å². The number of halogens is 1. The van der Waals surface area contributed by atoms with E-state index >= 15 is 0 Å². The fourth-order valence-corrected chi connectivity index (χ4v) is 2.80. The number of ether oxygens (including phenoxy) is 2. The minimum Gasteiger partial charge on any atom is -0.494 e. The van der Waals surface area contributed by atoms with Gasteiger partial charge in [0, 0.05) is 10.0 Å². The summed E-state index contributed by atoms with van der Waals surface area (Å²) in [5.41, 5.74) is 4.29. The standard InChI is InChI=1S/C22H27BrN2O3/c1-5-12-27-18-9-6-16(7-10-18)14-24-25-21(26)15-28-20-11-8-17(23)13-19(20)22(2,3)4/h6-11,13-14H,5,12,15H2,1-4H3,(H,25,26)/b24-14+. The Kier molecular flexibility index (Phi) is 8.05. The number of carbonyl (C=O) groups excluding carboxylic acids is 1. The predicted molar refractivity (Wildman–Crippen MR) is 116 cm³/mol. The molecule has 0 fully saturated rings. The molecule has 6 heteroatoms. The van der Waals surface area contributed by atoms with E-state index in [-0.39, 0.29) is 17.9 Å². The van der Waals surface area contributed by atoms with Crippen LogP contribution in [0.5, 0.6) is 11.5 Å². The van der Waals surface area contributed by atoms with Gasteiger partial charge in [0.05, 0.1) is 12.8 Å². The Morgan fingerprint density at radius 1 is 1.14 bits per heavy atom. The number of nitrogens with zero attached hydrogens (tertiary/aromatic N) is 1. The summed E-state index contributed by atoms with van der Waals surface area (Å²) in [6.07, 6.45) is 2.55. The van der Waals surface area contributed by atoms with E-state index < -0.39 is 0 Å². The zero-order valence-electron chi connectivity index (χ0n) is 16.8. The summed E-state index contributed by atoms with van der Waals surface area (Å²) in [5, 5.41) is 3.98. The van der Waals surface area contributed by atoms with Crippen LogP contribution in [-0.2, 0) is 10.2 Å². The van der Waals surface area contributed by atoms with Crippen LogP contribution in [0.25, 0.3) is 0 Å². The van der Waals surface area contributed by atoms with E-state index in [1.807, 2.05) is 42.5 Å². The lowest BCUT2D eigenvalue weighted by Gasteiger charge is -2.23. The van der Waals surface area contributed by atoms with Crippen molar-refractivity contribution in [3.8, 4) is 11.5 Å². The highest BCUT2D eigenvalue weighted by Crippen LogP contribution is 2.33. The first-order valence-electron chi connectivity index (χ1n) is 9.27. The van der Waals surface area contributed by atoms with Gasteiger partial charge in [-0.2, -0.15) is 5.10 Å². The monoisotopic (exact) mass is 446 g/mol. The van der Waals surface area contributed by atoms with E-state index in [9.17, 15) is 4.79 Å². The molecule has 0 atom stereocenters. The lowest BCUT2D eigenvalue weighted by Crippen LogP contribution is -2.25. The van der Waals surface area contributed by atoms with Gasteiger partial charge in [-0.1, -0.05) is 43.6 Å². The molecular formula is C22H27BrN2O3. The normalized spacial score (nSPS) is 11.5. The van der Waals surface area contributed by atoms with Crippen molar-refractivity contribution >= 4 is 28.1 Å². The molecule has 5 nitrogen and oxygen atoms in total. The highest BCUT2D eigenvalue weighted by Gasteiger charge is 2.19. The maximum atomic E-state index is 12.0. The van der Waals surface area contributed by atoms with Crippen molar-refractivity contribution in [1.29, 1.82) is 0 Å². The molecule has 0 heterocycles. The number of amides is 1. The molecule has 2 aromatic rings. The molecule has 0 saturated heterocycles. The molecule has 150 valence electrons. The summed E-state index contributed by atoms with van der Waals surface area (Å²) in [4.78, 5) is 12.0. The molecule has 0 unspecified atom stereocenters. The summed E-state index contributed by atoms with van der Waals surface area (Å²) in [6, 6.07) is 13.3. The summed E-state index contributed by atoms with van der Waals surface area (Å²) in [7, 11) is 0. The van der Waals surface area contributed by atoms with Crippen molar-refractivity contribution in [3.63, 3.8) is 0 Å². The van der Waals surface area contributed by atoms with Gasteiger partial charge in [-0.15, -0.1) is 0 Å². The van der Waals surface area contributed by atoms with Gasteiger partial charge < -0.3 is 9.47 Å². The summed E-state index contributed by atoms with van der Waals surface area (Å²) >= 11 is 3.48. The summed E-state index contributed by atoms with van der Waals surface area (Å²) < 4.78 is 12.2. The van der Waals surface area contributed by atoms with E-state index in [1.54, 1.807) is 6.21 Å². The molecule has 0 aliphatic heterocycles. The first-order valence-corrected chi connectivity index (χ1v) is 10.1. The number of hydrogen-bond donors (Lipinski definition) is 1. The Labute approximate surface area is 175 Å². The van der Waals surface area contributed by atoms with Gasteiger partial charge in [-0.25, -0.2) is 5.43 Å². The summed E-state index contributed by atoms with van der Waals surface area (Å²) in [6.45, 7) is 8.96. The van der Waals surface area contributed by atoms with Crippen LogP contribution in [0.1, 0.15) is 45.2 Å². The highest BCUT2D eigenvalue weighted by molar-refractivity contribution is 9.10. The van der Waals surface area contributed by atoms with Gasteiger partial charge in [0.15, 0.2) is 6.61 Å². The molecule has 2 aromatic carbocycles. The molecule has 0 saturated carbocycles. The molecule has 0 aliphatic rings. The molecule has 2 rings (SSSR count).